The molecule has 1 aromatic carbocycles. The van der Waals surface area contributed by atoms with Crippen LogP contribution in [0.15, 0.2) is 49.1 Å². The summed E-state index contributed by atoms with van der Waals surface area (Å²) in [5.74, 6) is 0.381. The van der Waals surface area contributed by atoms with Crippen molar-refractivity contribution < 1.29 is 9.18 Å². The maximum atomic E-state index is 13.6. The lowest BCUT2D eigenvalue weighted by Gasteiger charge is -2.28. The molecule has 7 nitrogen and oxygen atoms in total. The van der Waals surface area contributed by atoms with E-state index >= 15 is 0 Å². The SMILES string of the molecule is CN(C(=O)c1cc(N2CCCCC2)nc(-n2ccnc2)n1)c1cccc(F)c1. The highest BCUT2D eigenvalue weighted by atomic mass is 19.1. The number of hydrogen-bond donors (Lipinski definition) is 0. The van der Waals surface area contributed by atoms with Crippen LogP contribution in [-0.4, -0.2) is 45.6 Å². The molecule has 28 heavy (non-hydrogen) atoms. The molecule has 0 aliphatic carbocycles. The van der Waals surface area contributed by atoms with Gasteiger partial charge < -0.3 is 9.80 Å². The van der Waals surface area contributed by atoms with Crippen LogP contribution in [-0.2, 0) is 0 Å². The van der Waals surface area contributed by atoms with E-state index < -0.39 is 5.82 Å². The van der Waals surface area contributed by atoms with Crippen molar-refractivity contribution in [3.05, 3.63) is 60.6 Å². The average molecular weight is 380 g/mol. The molecule has 1 amide bonds. The molecule has 1 saturated heterocycles. The summed E-state index contributed by atoms with van der Waals surface area (Å²) in [6.07, 6.45) is 8.36. The third-order valence-corrected chi connectivity index (χ3v) is 4.84. The van der Waals surface area contributed by atoms with Crippen molar-refractivity contribution in [2.24, 2.45) is 0 Å². The number of piperidine rings is 1. The van der Waals surface area contributed by atoms with Crippen molar-refractivity contribution in [3.63, 3.8) is 0 Å². The number of aromatic nitrogens is 4. The van der Waals surface area contributed by atoms with Gasteiger partial charge >= 0.3 is 0 Å². The molecule has 1 aliphatic heterocycles. The maximum Gasteiger partial charge on any atom is 0.276 e. The standard InChI is InChI=1S/C20H21FN6O/c1-25(16-7-5-6-15(21)12-16)19(28)17-13-18(26-9-3-2-4-10-26)24-20(23-17)27-11-8-22-14-27/h5-8,11-14H,2-4,9-10H2,1H3. The number of halogens is 1. The first-order chi connectivity index (χ1) is 13.6. The molecule has 0 saturated carbocycles. The van der Waals surface area contributed by atoms with E-state index in [-0.39, 0.29) is 11.6 Å². The molecule has 2 aromatic heterocycles. The van der Waals surface area contributed by atoms with Crippen molar-refractivity contribution in [2.45, 2.75) is 19.3 Å². The topological polar surface area (TPSA) is 67.2 Å². The van der Waals surface area contributed by atoms with Gasteiger partial charge in [0.15, 0.2) is 0 Å². The Morgan fingerprint density at radius 3 is 2.68 bits per heavy atom. The van der Waals surface area contributed by atoms with Crippen LogP contribution in [0.25, 0.3) is 5.95 Å². The van der Waals surface area contributed by atoms with Gasteiger partial charge in [-0.2, -0.15) is 4.98 Å². The van der Waals surface area contributed by atoms with E-state index in [9.17, 15) is 9.18 Å². The smallest absolute Gasteiger partial charge is 0.276 e. The molecule has 0 bridgehead atoms. The largest absolute Gasteiger partial charge is 0.356 e. The van der Waals surface area contributed by atoms with Gasteiger partial charge in [-0.05, 0) is 37.5 Å². The fourth-order valence-corrected chi connectivity index (χ4v) is 3.28. The Bertz CT molecular complexity index is 969. The van der Waals surface area contributed by atoms with Crippen LogP contribution >= 0.6 is 0 Å². The van der Waals surface area contributed by atoms with E-state index in [2.05, 4.69) is 19.9 Å². The molecule has 144 valence electrons. The van der Waals surface area contributed by atoms with E-state index in [1.54, 1.807) is 48.5 Å². The molecule has 4 rings (SSSR count). The van der Waals surface area contributed by atoms with Crippen molar-refractivity contribution >= 4 is 17.4 Å². The van der Waals surface area contributed by atoms with E-state index in [1.165, 1.54) is 23.5 Å². The third-order valence-electron chi connectivity index (χ3n) is 4.84. The van der Waals surface area contributed by atoms with Crippen LogP contribution in [0.1, 0.15) is 29.8 Å². The molecule has 8 heteroatoms. The fourth-order valence-electron chi connectivity index (χ4n) is 3.28. The van der Waals surface area contributed by atoms with Crippen LogP contribution in [0.4, 0.5) is 15.9 Å². The molecular weight excluding hydrogens is 359 g/mol. The van der Waals surface area contributed by atoms with Crippen molar-refractivity contribution in [1.29, 1.82) is 0 Å². The van der Waals surface area contributed by atoms with Gasteiger partial charge in [-0.15, -0.1) is 0 Å². The minimum atomic E-state index is -0.395. The Morgan fingerprint density at radius 1 is 1.14 bits per heavy atom. The number of hydrogen-bond acceptors (Lipinski definition) is 5. The summed E-state index contributed by atoms with van der Waals surface area (Å²) in [6.45, 7) is 1.79. The summed E-state index contributed by atoms with van der Waals surface area (Å²) >= 11 is 0. The number of carbonyl (C=O) groups excluding carboxylic acids is 1. The lowest BCUT2D eigenvalue weighted by atomic mass is 10.1. The lowest BCUT2D eigenvalue weighted by Crippen LogP contribution is -2.32. The van der Waals surface area contributed by atoms with Crippen LogP contribution in [0, 0.1) is 5.82 Å². The van der Waals surface area contributed by atoms with Gasteiger partial charge in [0, 0.05) is 44.3 Å². The normalized spacial score (nSPS) is 14.1. The lowest BCUT2D eigenvalue weighted by molar-refractivity contribution is 0.0988. The van der Waals surface area contributed by atoms with Gasteiger partial charge in [-0.1, -0.05) is 6.07 Å². The first-order valence-corrected chi connectivity index (χ1v) is 9.28. The summed E-state index contributed by atoms with van der Waals surface area (Å²) in [7, 11) is 1.61. The predicted molar refractivity (Wildman–Crippen MR) is 104 cm³/mol. The fraction of sp³-hybridized carbons (Fsp3) is 0.300. The number of carbonyl (C=O) groups is 1. The zero-order chi connectivity index (χ0) is 19.5. The molecule has 0 N–H and O–H groups in total. The molecule has 1 aliphatic rings. The van der Waals surface area contributed by atoms with Gasteiger partial charge in [0.1, 0.15) is 23.7 Å². The molecule has 0 atom stereocenters. The minimum Gasteiger partial charge on any atom is -0.356 e. The second kappa shape index (κ2) is 7.75. The van der Waals surface area contributed by atoms with E-state index in [4.69, 9.17) is 0 Å². The first kappa shape index (κ1) is 18.1. The van der Waals surface area contributed by atoms with Crippen molar-refractivity contribution in [3.8, 4) is 5.95 Å². The molecular formula is C20H21FN6O. The summed E-state index contributed by atoms with van der Waals surface area (Å²) < 4.78 is 15.2. The van der Waals surface area contributed by atoms with Crippen molar-refractivity contribution in [1.82, 2.24) is 19.5 Å². The van der Waals surface area contributed by atoms with Crippen LogP contribution in [0.3, 0.4) is 0 Å². The van der Waals surface area contributed by atoms with Crippen LogP contribution in [0.5, 0.6) is 0 Å². The summed E-state index contributed by atoms with van der Waals surface area (Å²) in [4.78, 5) is 29.8. The second-order valence-electron chi connectivity index (χ2n) is 6.77. The van der Waals surface area contributed by atoms with E-state index in [0.29, 0.717) is 11.6 Å². The molecule has 0 unspecified atom stereocenters. The minimum absolute atomic E-state index is 0.256. The molecule has 3 aromatic rings. The zero-order valence-corrected chi connectivity index (χ0v) is 15.6. The monoisotopic (exact) mass is 380 g/mol. The average Bonchev–Trinajstić information content (AvgIpc) is 3.28. The summed E-state index contributed by atoms with van der Waals surface area (Å²) in [6, 6.07) is 7.64. The molecule has 0 spiro atoms. The first-order valence-electron chi connectivity index (χ1n) is 9.28. The highest BCUT2D eigenvalue weighted by Gasteiger charge is 2.21. The van der Waals surface area contributed by atoms with Gasteiger partial charge in [-0.25, -0.2) is 14.4 Å². The second-order valence-corrected chi connectivity index (χ2v) is 6.77. The van der Waals surface area contributed by atoms with Gasteiger partial charge in [0.25, 0.3) is 5.91 Å². The Labute approximate surface area is 162 Å². The van der Waals surface area contributed by atoms with Gasteiger partial charge in [0.05, 0.1) is 0 Å². The van der Waals surface area contributed by atoms with Crippen LogP contribution < -0.4 is 9.80 Å². The number of nitrogens with zero attached hydrogens (tertiary/aromatic N) is 6. The Balaban J connectivity index is 1.72. The zero-order valence-electron chi connectivity index (χ0n) is 15.6. The van der Waals surface area contributed by atoms with Gasteiger partial charge in [0.2, 0.25) is 5.95 Å². The van der Waals surface area contributed by atoms with Crippen molar-refractivity contribution in [2.75, 3.05) is 29.9 Å². The quantitative estimate of drug-likeness (QED) is 0.696. The third kappa shape index (κ3) is 3.71. The number of imidazole rings is 1. The highest BCUT2D eigenvalue weighted by molar-refractivity contribution is 6.04. The predicted octanol–water partition coefficient (Wildman–Crippen LogP) is 3.07. The van der Waals surface area contributed by atoms with Gasteiger partial charge in [-0.3, -0.25) is 9.36 Å². The number of anilines is 2. The highest BCUT2D eigenvalue weighted by Crippen LogP contribution is 2.22. The number of benzene rings is 1. The summed E-state index contributed by atoms with van der Waals surface area (Å²) in [5, 5.41) is 0. The molecule has 1 fully saturated rings. The Morgan fingerprint density at radius 2 is 1.96 bits per heavy atom. The molecule has 3 heterocycles. The maximum absolute atomic E-state index is 13.6. The van der Waals surface area contributed by atoms with E-state index in [1.807, 2.05) is 0 Å². The van der Waals surface area contributed by atoms with Crippen LogP contribution in [0.2, 0.25) is 0 Å². The Kier molecular flexibility index (Phi) is 5.01. The van der Waals surface area contributed by atoms with E-state index in [0.717, 1.165) is 31.7 Å². The molecule has 0 radical (unpaired) electrons. The number of rotatable bonds is 4. The number of amides is 1. The Hall–Kier alpha value is -3.29. The summed E-state index contributed by atoms with van der Waals surface area (Å²) in [5.41, 5.74) is 0.721.